The average Bonchev–Trinajstić information content (AvgIpc) is 3.08. The van der Waals surface area contributed by atoms with Gasteiger partial charge in [-0.1, -0.05) is 0 Å². The van der Waals surface area contributed by atoms with Crippen molar-refractivity contribution in [3.05, 3.63) is 44.8 Å². The Kier molecular flexibility index (Phi) is 4.77. The highest BCUT2D eigenvalue weighted by molar-refractivity contribution is 9.10. The van der Waals surface area contributed by atoms with Gasteiger partial charge in [0.1, 0.15) is 5.01 Å². The van der Waals surface area contributed by atoms with Crippen LogP contribution in [0.15, 0.2) is 34.2 Å². The molecule has 114 valence electrons. The molecule has 0 bridgehead atoms. The van der Waals surface area contributed by atoms with Crippen LogP contribution in [-0.4, -0.2) is 36.1 Å². The average molecular weight is 377 g/mol. The topological polar surface area (TPSA) is 43.2 Å². The summed E-state index contributed by atoms with van der Waals surface area (Å²) in [6.07, 6.45) is 1.88. The highest BCUT2D eigenvalue weighted by Gasteiger charge is 2.24. The second-order valence-corrected chi connectivity index (χ2v) is 7.13. The molecule has 1 unspecified atom stereocenters. The molecule has 2 heterocycles. The van der Waals surface area contributed by atoms with Crippen molar-refractivity contribution in [2.45, 2.75) is 13.0 Å². The van der Waals surface area contributed by atoms with Crippen molar-refractivity contribution in [2.75, 3.05) is 31.1 Å². The number of thiazole rings is 1. The van der Waals surface area contributed by atoms with E-state index in [-0.39, 0.29) is 0 Å². The Labute approximate surface area is 143 Å². The Bertz CT molecular complexity index is 672. The zero-order valence-electron chi connectivity index (χ0n) is 12.4. The van der Waals surface area contributed by atoms with Gasteiger partial charge in [0.25, 0.3) is 0 Å². The number of hydrogen-bond donors (Lipinski definition) is 0. The highest BCUT2D eigenvalue weighted by atomic mass is 79.9. The van der Waals surface area contributed by atoms with E-state index in [0.717, 1.165) is 30.7 Å². The number of aromatic nitrogens is 1. The number of anilines is 1. The Morgan fingerprint density at radius 3 is 2.68 bits per heavy atom. The fraction of sp³-hybridized carbons (Fsp3) is 0.375. The van der Waals surface area contributed by atoms with E-state index < -0.39 is 0 Å². The van der Waals surface area contributed by atoms with Crippen molar-refractivity contribution in [3.8, 4) is 6.07 Å². The summed E-state index contributed by atoms with van der Waals surface area (Å²) in [6, 6.07) is 8.35. The Morgan fingerprint density at radius 1 is 1.32 bits per heavy atom. The molecule has 1 aliphatic rings. The van der Waals surface area contributed by atoms with Crippen LogP contribution in [0.5, 0.6) is 0 Å². The van der Waals surface area contributed by atoms with Gasteiger partial charge in [-0.2, -0.15) is 5.26 Å². The number of benzene rings is 1. The van der Waals surface area contributed by atoms with E-state index in [1.54, 1.807) is 11.3 Å². The predicted octanol–water partition coefficient (Wildman–Crippen LogP) is 3.66. The van der Waals surface area contributed by atoms with E-state index in [0.29, 0.717) is 11.6 Å². The van der Waals surface area contributed by atoms with Crippen molar-refractivity contribution in [1.82, 2.24) is 9.88 Å². The predicted molar refractivity (Wildman–Crippen MR) is 93.2 cm³/mol. The second kappa shape index (κ2) is 6.78. The van der Waals surface area contributed by atoms with E-state index >= 15 is 0 Å². The lowest BCUT2D eigenvalue weighted by molar-refractivity contribution is 0.198. The summed E-state index contributed by atoms with van der Waals surface area (Å²) < 4.78 is 0.993. The number of halogens is 1. The maximum absolute atomic E-state index is 8.95. The van der Waals surface area contributed by atoms with Crippen LogP contribution < -0.4 is 4.90 Å². The van der Waals surface area contributed by atoms with Gasteiger partial charge in [-0.3, -0.25) is 4.90 Å². The molecule has 1 fully saturated rings. The van der Waals surface area contributed by atoms with Gasteiger partial charge < -0.3 is 4.90 Å². The third-order valence-electron chi connectivity index (χ3n) is 4.09. The molecule has 1 aromatic carbocycles. The molecule has 1 aliphatic heterocycles. The maximum Gasteiger partial charge on any atom is 0.109 e. The largest absolute Gasteiger partial charge is 0.368 e. The summed E-state index contributed by atoms with van der Waals surface area (Å²) in [5, 5.41) is 12.2. The molecule has 0 N–H and O–H groups in total. The van der Waals surface area contributed by atoms with Crippen LogP contribution in [0.4, 0.5) is 5.69 Å². The monoisotopic (exact) mass is 376 g/mol. The van der Waals surface area contributed by atoms with Crippen molar-refractivity contribution >= 4 is 33.0 Å². The summed E-state index contributed by atoms with van der Waals surface area (Å²) in [4.78, 5) is 9.28. The Hall–Kier alpha value is -1.42. The van der Waals surface area contributed by atoms with Gasteiger partial charge in [0.15, 0.2) is 0 Å². The van der Waals surface area contributed by atoms with E-state index in [9.17, 15) is 0 Å². The molecule has 3 rings (SSSR count). The minimum absolute atomic E-state index is 0.381. The molecular weight excluding hydrogens is 360 g/mol. The molecule has 6 heteroatoms. The molecule has 0 spiro atoms. The number of piperazine rings is 1. The van der Waals surface area contributed by atoms with Crippen LogP contribution in [0.25, 0.3) is 0 Å². The van der Waals surface area contributed by atoms with Crippen molar-refractivity contribution in [1.29, 1.82) is 5.26 Å². The number of nitrogens with zero attached hydrogens (tertiary/aromatic N) is 4. The second-order valence-electron chi connectivity index (χ2n) is 5.35. The summed E-state index contributed by atoms with van der Waals surface area (Å²) in [5.41, 5.74) is 1.85. The molecule has 2 aromatic rings. The van der Waals surface area contributed by atoms with Gasteiger partial charge >= 0.3 is 0 Å². The molecule has 0 radical (unpaired) electrons. The lowest BCUT2D eigenvalue weighted by atomic mass is 10.1. The number of rotatable bonds is 3. The fourth-order valence-corrected chi connectivity index (χ4v) is 4.14. The minimum atomic E-state index is 0.381. The Morgan fingerprint density at radius 2 is 2.09 bits per heavy atom. The van der Waals surface area contributed by atoms with E-state index in [1.807, 2.05) is 29.8 Å². The van der Waals surface area contributed by atoms with Crippen molar-refractivity contribution in [2.24, 2.45) is 0 Å². The van der Waals surface area contributed by atoms with Crippen molar-refractivity contribution in [3.63, 3.8) is 0 Å². The van der Waals surface area contributed by atoms with Gasteiger partial charge in [0, 0.05) is 42.2 Å². The molecular formula is C16H17BrN4S. The maximum atomic E-state index is 8.95. The van der Waals surface area contributed by atoms with E-state index in [1.165, 1.54) is 10.7 Å². The van der Waals surface area contributed by atoms with Gasteiger partial charge in [0.2, 0.25) is 0 Å². The lowest BCUT2D eigenvalue weighted by Gasteiger charge is -2.38. The molecule has 0 amide bonds. The third-order valence-corrected chi connectivity index (χ3v) is 5.67. The van der Waals surface area contributed by atoms with Crippen LogP contribution in [0, 0.1) is 11.3 Å². The molecule has 1 saturated heterocycles. The third kappa shape index (κ3) is 3.17. The standard InChI is InChI=1S/C16H17BrN4S/c1-12(16-19-4-9-22-16)20-5-7-21(8-6-20)15-3-2-13(11-18)10-14(15)17/h2-4,9-10,12H,5-8H2,1H3. The van der Waals surface area contributed by atoms with Gasteiger partial charge in [-0.15, -0.1) is 11.3 Å². The number of nitriles is 1. The van der Waals surface area contributed by atoms with Crippen LogP contribution in [0.2, 0.25) is 0 Å². The molecule has 0 aliphatic carbocycles. The normalized spacial score (nSPS) is 17.2. The molecule has 0 saturated carbocycles. The first-order valence-electron chi connectivity index (χ1n) is 7.27. The van der Waals surface area contributed by atoms with Crippen LogP contribution >= 0.6 is 27.3 Å². The van der Waals surface area contributed by atoms with Crippen LogP contribution in [0.1, 0.15) is 23.5 Å². The summed E-state index contributed by atoms with van der Waals surface area (Å²) in [5.74, 6) is 0. The van der Waals surface area contributed by atoms with Crippen molar-refractivity contribution < 1.29 is 0 Å². The van der Waals surface area contributed by atoms with Gasteiger partial charge in [-0.25, -0.2) is 4.98 Å². The van der Waals surface area contributed by atoms with E-state index in [4.69, 9.17) is 5.26 Å². The van der Waals surface area contributed by atoms with Gasteiger partial charge in [0.05, 0.1) is 23.4 Å². The first-order valence-corrected chi connectivity index (χ1v) is 8.94. The zero-order valence-corrected chi connectivity index (χ0v) is 14.8. The van der Waals surface area contributed by atoms with E-state index in [2.05, 4.69) is 43.7 Å². The fourth-order valence-electron chi connectivity index (χ4n) is 2.78. The van der Waals surface area contributed by atoms with Crippen LogP contribution in [-0.2, 0) is 0 Å². The summed E-state index contributed by atoms with van der Waals surface area (Å²) in [6.45, 7) is 6.24. The van der Waals surface area contributed by atoms with Gasteiger partial charge in [-0.05, 0) is 41.1 Å². The zero-order chi connectivity index (χ0) is 15.5. The SMILES string of the molecule is CC(c1nccs1)N1CCN(c2ccc(C#N)cc2Br)CC1. The highest BCUT2D eigenvalue weighted by Crippen LogP contribution is 2.30. The van der Waals surface area contributed by atoms with Crippen LogP contribution in [0.3, 0.4) is 0 Å². The number of hydrogen-bond acceptors (Lipinski definition) is 5. The minimum Gasteiger partial charge on any atom is -0.368 e. The summed E-state index contributed by atoms with van der Waals surface area (Å²) in [7, 11) is 0. The molecule has 22 heavy (non-hydrogen) atoms. The smallest absolute Gasteiger partial charge is 0.109 e. The molecule has 1 aromatic heterocycles. The Balaban J connectivity index is 1.66. The molecule has 1 atom stereocenters. The summed E-state index contributed by atoms with van der Waals surface area (Å²) >= 11 is 5.31. The quantitative estimate of drug-likeness (QED) is 0.819. The lowest BCUT2D eigenvalue weighted by Crippen LogP contribution is -2.47. The first kappa shape index (κ1) is 15.5. The molecule has 4 nitrogen and oxygen atoms in total. The first-order chi connectivity index (χ1) is 10.7.